The predicted octanol–water partition coefficient (Wildman–Crippen LogP) is 2.76. The van der Waals surface area contributed by atoms with Gasteiger partial charge in [0.15, 0.2) is 23.0 Å². The Hall–Kier alpha value is -2.56. The van der Waals surface area contributed by atoms with Crippen molar-refractivity contribution in [1.82, 2.24) is 0 Å². The standard InChI is InChI=1S/C15H13NO4/c1-2-10(15-13(3-1)18-9-20-15)7-16-11-4-5-12-14(6-11)19-8-17-12/h1-6,16H,7-9H2. The second-order valence-corrected chi connectivity index (χ2v) is 4.57. The molecule has 2 aliphatic heterocycles. The second-order valence-electron chi connectivity index (χ2n) is 4.57. The Morgan fingerprint density at radius 1 is 0.850 bits per heavy atom. The van der Waals surface area contributed by atoms with E-state index in [0.29, 0.717) is 6.54 Å². The van der Waals surface area contributed by atoms with Gasteiger partial charge in [0, 0.05) is 23.9 Å². The highest BCUT2D eigenvalue weighted by Gasteiger charge is 2.17. The maximum Gasteiger partial charge on any atom is 0.231 e. The summed E-state index contributed by atoms with van der Waals surface area (Å²) in [5.74, 6) is 3.18. The van der Waals surface area contributed by atoms with Crippen LogP contribution in [0, 0.1) is 0 Å². The number of anilines is 1. The summed E-state index contributed by atoms with van der Waals surface area (Å²) in [6, 6.07) is 11.7. The minimum Gasteiger partial charge on any atom is -0.454 e. The zero-order chi connectivity index (χ0) is 13.4. The van der Waals surface area contributed by atoms with Crippen molar-refractivity contribution in [2.45, 2.75) is 6.54 Å². The molecule has 5 heteroatoms. The summed E-state index contributed by atoms with van der Waals surface area (Å²) in [6.07, 6.45) is 0. The maximum absolute atomic E-state index is 5.49. The Labute approximate surface area is 116 Å². The van der Waals surface area contributed by atoms with E-state index in [9.17, 15) is 0 Å². The Bertz CT molecular complexity index is 656. The number of rotatable bonds is 3. The molecule has 2 aromatic carbocycles. The SMILES string of the molecule is c1cc(CNc2ccc3c(c2)OCO3)c2c(c1)OCO2. The Morgan fingerprint density at radius 2 is 1.70 bits per heavy atom. The van der Waals surface area contributed by atoms with Gasteiger partial charge in [0.05, 0.1) is 0 Å². The molecule has 0 amide bonds. The molecule has 2 aromatic rings. The van der Waals surface area contributed by atoms with E-state index in [2.05, 4.69) is 5.32 Å². The lowest BCUT2D eigenvalue weighted by atomic mass is 10.2. The van der Waals surface area contributed by atoms with Crippen molar-refractivity contribution >= 4 is 5.69 Å². The molecule has 102 valence electrons. The van der Waals surface area contributed by atoms with Crippen LogP contribution in [0.4, 0.5) is 5.69 Å². The molecule has 0 aromatic heterocycles. The van der Waals surface area contributed by atoms with E-state index >= 15 is 0 Å². The summed E-state index contributed by atoms with van der Waals surface area (Å²) < 4.78 is 21.5. The highest BCUT2D eigenvalue weighted by Crippen LogP contribution is 2.37. The summed E-state index contributed by atoms with van der Waals surface area (Å²) >= 11 is 0. The zero-order valence-electron chi connectivity index (χ0n) is 10.7. The Kier molecular flexibility index (Phi) is 2.55. The van der Waals surface area contributed by atoms with Gasteiger partial charge in [0.2, 0.25) is 13.6 Å². The van der Waals surface area contributed by atoms with Gasteiger partial charge in [-0.3, -0.25) is 0 Å². The third-order valence-electron chi connectivity index (χ3n) is 3.33. The van der Waals surface area contributed by atoms with Crippen molar-refractivity contribution in [1.29, 1.82) is 0 Å². The molecule has 1 N–H and O–H groups in total. The van der Waals surface area contributed by atoms with Gasteiger partial charge >= 0.3 is 0 Å². The molecule has 20 heavy (non-hydrogen) atoms. The first-order chi connectivity index (χ1) is 9.90. The number of fused-ring (bicyclic) bond motifs is 2. The molecule has 4 rings (SSSR count). The summed E-state index contributed by atoms with van der Waals surface area (Å²) in [5.41, 5.74) is 2.04. The quantitative estimate of drug-likeness (QED) is 0.930. The van der Waals surface area contributed by atoms with Gasteiger partial charge in [0.1, 0.15) is 0 Å². The van der Waals surface area contributed by atoms with Crippen LogP contribution in [-0.4, -0.2) is 13.6 Å². The van der Waals surface area contributed by atoms with Crippen molar-refractivity contribution in [2.75, 3.05) is 18.9 Å². The average Bonchev–Trinajstić information content (AvgIpc) is 3.13. The number of hydrogen-bond donors (Lipinski definition) is 1. The average molecular weight is 271 g/mol. The summed E-state index contributed by atoms with van der Waals surface area (Å²) in [4.78, 5) is 0. The smallest absolute Gasteiger partial charge is 0.231 e. The molecule has 2 aliphatic rings. The molecule has 0 saturated carbocycles. The number of hydrogen-bond acceptors (Lipinski definition) is 5. The van der Waals surface area contributed by atoms with E-state index in [-0.39, 0.29) is 13.6 Å². The number of nitrogens with one attached hydrogen (secondary N) is 1. The number of benzene rings is 2. The third-order valence-corrected chi connectivity index (χ3v) is 3.33. The minimum atomic E-state index is 0.288. The molecule has 5 nitrogen and oxygen atoms in total. The van der Waals surface area contributed by atoms with Gasteiger partial charge in [-0.2, -0.15) is 0 Å². The molecular weight excluding hydrogens is 258 g/mol. The van der Waals surface area contributed by atoms with E-state index < -0.39 is 0 Å². The first-order valence-electron chi connectivity index (χ1n) is 6.41. The molecule has 0 saturated heterocycles. The lowest BCUT2D eigenvalue weighted by Gasteiger charge is -2.09. The fourth-order valence-electron chi connectivity index (χ4n) is 2.33. The van der Waals surface area contributed by atoms with Gasteiger partial charge < -0.3 is 24.3 Å². The van der Waals surface area contributed by atoms with Crippen LogP contribution in [0.1, 0.15) is 5.56 Å². The molecule has 0 atom stereocenters. The molecule has 0 fully saturated rings. The second kappa shape index (κ2) is 4.52. The minimum absolute atomic E-state index is 0.288. The lowest BCUT2D eigenvalue weighted by Crippen LogP contribution is -2.01. The van der Waals surface area contributed by atoms with Crippen LogP contribution in [0.3, 0.4) is 0 Å². The first kappa shape index (κ1) is 11.3. The number of ether oxygens (including phenoxy) is 4. The van der Waals surface area contributed by atoms with E-state index in [1.807, 2.05) is 36.4 Å². The Balaban J connectivity index is 1.52. The molecule has 0 aliphatic carbocycles. The van der Waals surface area contributed by atoms with Crippen molar-refractivity contribution in [3.63, 3.8) is 0 Å². The van der Waals surface area contributed by atoms with Crippen molar-refractivity contribution in [3.8, 4) is 23.0 Å². The van der Waals surface area contributed by atoms with E-state index in [1.165, 1.54) is 0 Å². The summed E-state index contributed by atoms with van der Waals surface area (Å²) in [6.45, 7) is 1.23. The lowest BCUT2D eigenvalue weighted by molar-refractivity contribution is 0.173. The third kappa shape index (κ3) is 1.87. The van der Waals surface area contributed by atoms with Crippen LogP contribution >= 0.6 is 0 Å². The van der Waals surface area contributed by atoms with Crippen molar-refractivity contribution < 1.29 is 18.9 Å². The molecule has 2 heterocycles. The molecule has 0 unspecified atom stereocenters. The van der Waals surface area contributed by atoms with Crippen LogP contribution < -0.4 is 24.3 Å². The van der Waals surface area contributed by atoms with Crippen molar-refractivity contribution in [2.24, 2.45) is 0 Å². The number of para-hydroxylation sites is 1. The van der Waals surface area contributed by atoms with E-state index in [0.717, 1.165) is 34.2 Å². The predicted molar refractivity (Wildman–Crippen MR) is 72.5 cm³/mol. The van der Waals surface area contributed by atoms with Crippen LogP contribution in [0.5, 0.6) is 23.0 Å². The Morgan fingerprint density at radius 3 is 2.70 bits per heavy atom. The van der Waals surface area contributed by atoms with Gasteiger partial charge in [-0.05, 0) is 18.2 Å². The van der Waals surface area contributed by atoms with Crippen LogP contribution in [0.25, 0.3) is 0 Å². The summed E-state index contributed by atoms with van der Waals surface area (Å²) in [5, 5.41) is 3.35. The molecular formula is C15H13NO4. The largest absolute Gasteiger partial charge is 0.454 e. The van der Waals surface area contributed by atoms with Crippen LogP contribution in [0.2, 0.25) is 0 Å². The molecule has 0 bridgehead atoms. The fraction of sp³-hybridized carbons (Fsp3) is 0.200. The van der Waals surface area contributed by atoms with Gasteiger partial charge in [-0.1, -0.05) is 12.1 Å². The van der Waals surface area contributed by atoms with Crippen LogP contribution in [0.15, 0.2) is 36.4 Å². The van der Waals surface area contributed by atoms with Gasteiger partial charge in [-0.25, -0.2) is 0 Å². The first-order valence-corrected chi connectivity index (χ1v) is 6.41. The van der Waals surface area contributed by atoms with E-state index in [1.54, 1.807) is 0 Å². The van der Waals surface area contributed by atoms with Crippen molar-refractivity contribution in [3.05, 3.63) is 42.0 Å². The van der Waals surface area contributed by atoms with Crippen LogP contribution in [-0.2, 0) is 6.54 Å². The van der Waals surface area contributed by atoms with Gasteiger partial charge in [-0.15, -0.1) is 0 Å². The fourth-order valence-corrected chi connectivity index (χ4v) is 2.33. The summed E-state index contributed by atoms with van der Waals surface area (Å²) in [7, 11) is 0. The zero-order valence-corrected chi connectivity index (χ0v) is 10.7. The monoisotopic (exact) mass is 271 g/mol. The maximum atomic E-state index is 5.49. The van der Waals surface area contributed by atoms with Gasteiger partial charge in [0.25, 0.3) is 0 Å². The molecule has 0 radical (unpaired) electrons. The highest BCUT2D eigenvalue weighted by molar-refractivity contribution is 5.57. The highest BCUT2D eigenvalue weighted by atomic mass is 16.7. The normalized spacial score (nSPS) is 14.4. The topological polar surface area (TPSA) is 49.0 Å². The molecule has 0 spiro atoms. The van der Waals surface area contributed by atoms with E-state index in [4.69, 9.17) is 18.9 Å².